The van der Waals surface area contributed by atoms with Crippen LogP contribution in [0.25, 0.3) is 5.57 Å². The third-order valence-electron chi connectivity index (χ3n) is 7.11. The van der Waals surface area contributed by atoms with E-state index in [0.29, 0.717) is 17.9 Å². The number of hydrogen-bond acceptors (Lipinski definition) is 6. The molecule has 7 nitrogen and oxygen atoms in total. The zero-order chi connectivity index (χ0) is 21.0. The molecule has 3 aliphatic carbocycles. The summed E-state index contributed by atoms with van der Waals surface area (Å²) in [5.74, 6) is 2.22. The van der Waals surface area contributed by atoms with Crippen LogP contribution in [0.1, 0.15) is 50.2 Å². The molecule has 0 aliphatic heterocycles. The number of hydrogen-bond donors (Lipinski definition) is 1. The normalized spacial score (nSPS) is 28.4. The monoisotopic (exact) mass is 424 g/mol. The second kappa shape index (κ2) is 7.18. The predicted molar refractivity (Wildman–Crippen MR) is 108 cm³/mol. The molecule has 0 amide bonds. The number of fused-ring (bicyclic) bond motifs is 4. The van der Waals surface area contributed by atoms with Gasteiger partial charge in [0.05, 0.1) is 27.4 Å². The van der Waals surface area contributed by atoms with Crippen LogP contribution in [0.3, 0.4) is 0 Å². The molecule has 0 heterocycles. The second-order valence-corrected chi connectivity index (χ2v) is 9.37. The van der Waals surface area contributed by atoms with Crippen LogP contribution in [0.5, 0.6) is 17.2 Å². The smallest absolute Gasteiger partial charge is 0.397 e. The lowest BCUT2D eigenvalue weighted by Crippen LogP contribution is -2.39. The number of ether oxygens (including phenoxy) is 3. The maximum atomic E-state index is 11.3. The summed E-state index contributed by atoms with van der Waals surface area (Å²) in [5.41, 5.74) is 4.66. The van der Waals surface area contributed by atoms with Gasteiger partial charge in [-0.1, -0.05) is 12.5 Å². The standard InChI is InChI=1S/C21H28O7S/c1-21-10-9-12-13(16(21)7-8-18(21)28-29(22,23)24)5-6-14-15(12)11-17(25-2)20(27-4)19(14)26-3/h11,16,18H,5-10H2,1-4H3,(H,22,23,24)/t16-,18-,21-/m0/s1. The van der Waals surface area contributed by atoms with Crippen molar-refractivity contribution >= 4 is 16.0 Å². The average Bonchev–Trinajstić information content (AvgIpc) is 3.00. The molecular weight excluding hydrogens is 396 g/mol. The lowest BCUT2D eigenvalue weighted by atomic mass is 9.62. The van der Waals surface area contributed by atoms with Crippen molar-refractivity contribution < 1.29 is 31.4 Å². The first-order valence-electron chi connectivity index (χ1n) is 9.93. The first-order chi connectivity index (χ1) is 13.7. The van der Waals surface area contributed by atoms with E-state index >= 15 is 0 Å². The van der Waals surface area contributed by atoms with Gasteiger partial charge in [0.25, 0.3) is 0 Å². The van der Waals surface area contributed by atoms with Gasteiger partial charge in [0.1, 0.15) is 0 Å². The molecule has 1 aromatic carbocycles. The summed E-state index contributed by atoms with van der Waals surface area (Å²) in [7, 11) is 0.414. The van der Waals surface area contributed by atoms with Gasteiger partial charge in [-0.15, -0.1) is 0 Å². The first-order valence-corrected chi connectivity index (χ1v) is 11.3. The summed E-state index contributed by atoms with van der Waals surface area (Å²) < 4.78 is 53.7. The van der Waals surface area contributed by atoms with E-state index in [1.54, 1.807) is 21.3 Å². The molecule has 160 valence electrons. The highest BCUT2D eigenvalue weighted by atomic mass is 32.3. The molecule has 0 unspecified atom stereocenters. The van der Waals surface area contributed by atoms with E-state index in [2.05, 4.69) is 6.92 Å². The van der Waals surface area contributed by atoms with Crippen LogP contribution in [0.15, 0.2) is 11.6 Å². The quantitative estimate of drug-likeness (QED) is 0.719. The molecule has 8 heteroatoms. The van der Waals surface area contributed by atoms with Gasteiger partial charge in [-0.2, -0.15) is 8.42 Å². The highest BCUT2D eigenvalue weighted by Gasteiger charge is 2.53. The minimum atomic E-state index is -4.46. The summed E-state index contributed by atoms with van der Waals surface area (Å²) in [6.07, 6.45) is 4.33. The number of rotatable bonds is 5. The molecule has 0 saturated heterocycles. The molecule has 3 aliphatic rings. The van der Waals surface area contributed by atoms with Gasteiger partial charge in [0.15, 0.2) is 11.5 Å². The van der Waals surface area contributed by atoms with E-state index in [1.165, 1.54) is 11.1 Å². The van der Waals surface area contributed by atoms with Crippen molar-refractivity contribution in [1.82, 2.24) is 0 Å². The van der Waals surface area contributed by atoms with E-state index < -0.39 is 16.5 Å². The molecule has 29 heavy (non-hydrogen) atoms. The molecule has 1 fully saturated rings. The van der Waals surface area contributed by atoms with Gasteiger partial charge in [0.2, 0.25) is 5.75 Å². The molecule has 0 aromatic heterocycles. The average molecular weight is 425 g/mol. The van der Waals surface area contributed by atoms with Crippen molar-refractivity contribution in [3.05, 3.63) is 22.8 Å². The Morgan fingerprint density at radius 2 is 1.76 bits per heavy atom. The van der Waals surface area contributed by atoms with Crippen LogP contribution in [-0.4, -0.2) is 40.4 Å². The molecular formula is C21H28O7S. The predicted octanol–water partition coefficient (Wildman–Crippen LogP) is 3.81. The zero-order valence-electron chi connectivity index (χ0n) is 17.3. The van der Waals surface area contributed by atoms with Crippen LogP contribution >= 0.6 is 0 Å². The summed E-state index contributed by atoms with van der Waals surface area (Å²) in [6.45, 7) is 2.09. The van der Waals surface area contributed by atoms with Crippen molar-refractivity contribution in [2.45, 2.75) is 51.6 Å². The fourth-order valence-corrected chi connectivity index (χ4v) is 6.41. The Hall–Kier alpha value is -1.77. The van der Waals surface area contributed by atoms with Crippen LogP contribution in [0.2, 0.25) is 0 Å². The molecule has 0 bridgehead atoms. The second-order valence-electron chi connectivity index (χ2n) is 8.32. The lowest BCUT2D eigenvalue weighted by molar-refractivity contribution is 0.0530. The highest BCUT2D eigenvalue weighted by Crippen LogP contribution is 2.60. The number of allylic oxidation sites excluding steroid dienone is 2. The van der Waals surface area contributed by atoms with Crippen molar-refractivity contribution in [1.29, 1.82) is 0 Å². The Labute approximate surface area is 171 Å². The third kappa shape index (κ3) is 3.21. The first kappa shape index (κ1) is 20.5. The Kier molecular flexibility index (Phi) is 5.07. The van der Waals surface area contributed by atoms with Gasteiger partial charge < -0.3 is 14.2 Å². The van der Waals surface area contributed by atoms with E-state index in [-0.39, 0.29) is 11.3 Å². The van der Waals surface area contributed by atoms with E-state index in [1.807, 2.05) is 6.07 Å². The molecule has 0 spiro atoms. The van der Waals surface area contributed by atoms with E-state index in [0.717, 1.165) is 49.0 Å². The Balaban J connectivity index is 1.79. The summed E-state index contributed by atoms with van der Waals surface area (Å²) >= 11 is 0. The van der Waals surface area contributed by atoms with Gasteiger partial charge in [0, 0.05) is 11.0 Å². The van der Waals surface area contributed by atoms with Gasteiger partial charge in [-0.3, -0.25) is 4.55 Å². The fourth-order valence-electron chi connectivity index (χ4n) is 5.81. The fraction of sp³-hybridized carbons (Fsp3) is 0.619. The lowest BCUT2D eigenvalue weighted by Gasteiger charge is -2.44. The SMILES string of the molecule is COc1cc2c(c(OC)c1OC)CCC1=C2CC[C@]2(C)[C@@H](OS(=O)(=O)O)CC[C@@H]12. The Morgan fingerprint density at radius 1 is 1.03 bits per heavy atom. The maximum absolute atomic E-state index is 11.3. The third-order valence-corrected chi connectivity index (χ3v) is 7.59. The van der Waals surface area contributed by atoms with E-state index in [9.17, 15) is 13.0 Å². The summed E-state index contributed by atoms with van der Waals surface area (Å²) in [4.78, 5) is 0. The van der Waals surface area contributed by atoms with Gasteiger partial charge >= 0.3 is 10.4 Å². The van der Waals surface area contributed by atoms with E-state index in [4.69, 9.17) is 18.4 Å². The van der Waals surface area contributed by atoms with Crippen LogP contribution in [0, 0.1) is 11.3 Å². The zero-order valence-corrected chi connectivity index (χ0v) is 18.1. The highest BCUT2D eigenvalue weighted by molar-refractivity contribution is 7.80. The van der Waals surface area contributed by atoms with Crippen molar-refractivity contribution in [2.24, 2.45) is 11.3 Å². The molecule has 3 atom stereocenters. The van der Waals surface area contributed by atoms with Gasteiger partial charge in [-0.25, -0.2) is 4.18 Å². The Bertz CT molecular complexity index is 966. The Morgan fingerprint density at radius 3 is 2.38 bits per heavy atom. The van der Waals surface area contributed by atoms with Crippen molar-refractivity contribution in [3.8, 4) is 17.2 Å². The number of methoxy groups -OCH3 is 3. The molecule has 0 radical (unpaired) electrons. The van der Waals surface area contributed by atoms with Crippen molar-refractivity contribution in [3.63, 3.8) is 0 Å². The molecule has 1 saturated carbocycles. The van der Waals surface area contributed by atoms with Crippen LogP contribution in [-0.2, 0) is 21.0 Å². The summed E-state index contributed by atoms with van der Waals surface area (Å²) in [6, 6.07) is 2.04. The topological polar surface area (TPSA) is 91.3 Å². The largest absolute Gasteiger partial charge is 0.493 e. The minimum absolute atomic E-state index is 0.241. The summed E-state index contributed by atoms with van der Waals surface area (Å²) in [5, 5.41) is 0. The maximum Gasteiger partial charge on any atom is 0.397 e. The molecule has 1 N–H and O–H groups in total. The van der Waals surface area contributed by atoms with Crippen LogP contribution in [0.4, 0.5) is 0 Å². The molecule has 1 aromatic rings. The van der Waals surface area contributed by atoms with Crippen LogP contribution < -0.4 is 14.2 Å². The minimum Gasteiger partial charge on any atom is -0.493 e. The molecule has 4 rings (SSSR count). The van der Waals surface area contributed by atoms with Crippen molar-refractivity contribution in [2.75, 3.05) is 21.3 Å². The number of benzene rings is 1. The van der Waals surface area contributed by atoms with Gasteiger partial charge in [-0.05, 0) is 61.6 Å².